The third kappa shape index (κ3) is 37.1. The molecule has 6 N–H and O–H groups in total. The smallest absolute Gasteiger partial charge is 0.333 e. The summed E-state index contributed by atoms with van der Waals surface area (Å²) in [5.74, 6) is -4.66. The molecule has 3 aromatic rings. The largest absolute Gasteiger partial charge is 0.479 e. The van der Waals surface area contributed by atoms with Crippen molar-refractivity contribution in [3.63, 3.8) is 0 Å². The molecule has 0 heterocycles. The molecule has 0 saturated heterocycles. The number of aliphatic carboxylic acids is 6. The van der Waals surface area contributed by atoms with Crippen LogP contribution in [-0.4, -0.2) is 124 Å². The Morgan fingerprint density at radius 1 is 0.375 bits per heavy atom. The number of carboxylic acid groups (broad SMARTS) is 6. The van der Waals surface area contributed by atoms with Crippen molar-refractivity contribution in [1.82, 2.24) is 0 Å². The number of hydrogen-bond acceptors (Lipinski definition) is 12. The minimum atomic E-state index is -0.902. The second-order valence-electron chi connectivity index (χ2n) is 17.5. The van der Waals surface area contributed by atoms with E-state index in [0.717, 1.165) is 16.7 Å². The minimum absolute atomic E-state index is 0.0220. The highest BCUT2D eigenvalue weighted by Gasteiger charge is 2.23. The summed E-state index contributed by atoms with van der Waals surface area (Å²) in [5.41, 5.74) is 2.98. The maximum atomic E-state index is 10.9. The molecule has 0 radical (unpaired) electrons. The van der Waals surface area contributed by atoms with Crippen molar-refractivity contribution in [3.8, 4) is 0 Å². The highest BCUT2D eigenvalue weighted by Crippen LogP contribution is 2.13. The van der Waals surface area contributed by atoms with Crippen molar-refractivity contribution in [1.29, 1.82) is 0 Å². The van der Waals surface area contributed by atoms with Gasteiger partial charge in [-0.3, -0.25) is 0 Å². The van der Waals surface area contributed by atoms with Crippen molar-refractivity contribution in [2.75, 3.05) is 21.3 Å². The zero-order chi connectivity index (χ0) is 55.8. The van der Waals surface area contributed by atoms with Crippen LogP contribution in [0.25, 0.3) is 0 Å². The maximum absolute atomic E-state index is 10.9. The highest BCUT2D eigenvalue weighted by atomic mass is 16.5. The summed E-state index contributed by atoms with van der Waals surface area (Å²) >= 11 is 0. The lowest BCUT2D eigenvalue weighted by atomic mass is 10.1. The second-order valence-corrected chi connectivity index (χ2v) is 17.5. The van der Waals surface area contributed by atoms with Crippen LogP contribution in [0.2, 0.25) is 0 Å². The summed E-state index contributed by atoms with van der Waals surface area (Å²) in [6.07, 6.45) is -1.94. The van der Waals surface area contributed by atoms with Crippen LogP contribution >= 0.6 is 0 Å². The van der Waals surface area contributed by atoms with E-state index in [4.69, 9.17) is 49.6 Å². The zero-order valence-electron chi connectivity index (χ0n) is 44.5. The van der Waals surface area contributed by atoms with Crippen LogP contribution in [0.4, 0.5) is 0 Å². The first-order valence-electron chi connectivity index (χ1n) is 23.7. The average Bonchev–Trinajstić information content (AvgIpc) is 3.31. The van der Waals surface area contributed by atoms with Gasteiger partial charge in [-0.15, -0.1) is 0 Å². The van der Waals surface area contributed by atoms with E-state index in [1.54, 1.807) is 13.8 Å². The fourth-order valence-corrected chi connectivity index (χ4v) is 5.71. The summed E-state index contributed by atoms with van der Waals surface area (Å²) in [4.78, 5) is 63.0. The van der Waals surface area contributed by atoms with Gasteiger partial charge in [0.2, 0.25) is 0 Å². The zero-order valence-corrected chi connectivity index (χ0v) is 44.5. The molecular formula is C54H84O18. The monoisotopic (exact) mass is 1020 g/mol. The van der Waals surface area contributed by atoms with Crippen LogP contribution in [0.15, 0.2) is 91.0 Å². The fraction of sp³-hybridized carbons (Fsp3) is 0.556. The van der Waals surface area contributed by atoms with Crippen molar-refractivity contribution >= 4 is 35.8 Å². The predicted octanol–water partition coefficient (Wildman–Crippen LogP) is 9.45. The summed E-state index contributed by atoms with van der Waals surface area (Å²) in [6.45, 7) is 19.8. The van der Waals surface area contributed by atoms with Crippen LogP contribution in [0.3, 0.4) is 0 Å². The van der Waals surface area contributed by atoms with Gasteiger partial charge in [0.1, 0.15) is 0 Å². The standard InChI is InChI=1S/C13H18O3.C12H16O3.C11H14O3.C7H14O3.C6H12O3.C5H10O3/c1-10(2)8-12(13(14)15)16-9-11-6-4-3-5-7-11;1-9(2)11(12(13)14)15-8-10-6-4-3-5-7-10;1-2-10(11(12)13)14-8-9-6-4-3-5-7-9;1-5(2)4-6(10-3)7(8)9;1-4(2)5(9-3)6(7)8;1-3-4(8-2)5(6)7/h3-7,10,12H,8-9H2,1-2H3,(H,14,15);3-7,9,11H,8H2,1-2H3,(H,13,14);3-7,10H,2,8H2,1H3,(H,12,13);5-6H,4H2,1-3H3,(H,8,9);4-5H,1-3H3,(H,7,8);4H,3H2,1-2H3,(H,6,7). The lowest BCUT2D eigenvalue weighted by molar-refractivity contribution is -0.154. The van der Waals surface area contributed by atoms with E-state index in [9.17, 15) is 28.8 Å². The van der Waals surface area contributed by atoms with Crippen LogP contribution in [0.5, 0.6) is 0 Å². The molecule has 0 spiro atoms. The van der Waals surface area contributed by atoms with Crippen molar-refractivity contribution in [3.05, 3.63) is 108 Å². The number of hydrogen-bond donors (Lipinski definition) is 6. The van der Waals surface area contributed by atoms with Gasteiger partial charge in [0.05, 0.1) is 19.8 Å². The molecule has 3 rings (SSSR count). The van der Waals surface area contributed by atoms with Crippen molar-refractivity contribution in [2.24, 2.45) is 23.7 Å². The molecular weight excluding hydrogens is 937 g/mol. The van der Waals surface area contributed by atoms with Gasteiger partial charge in [-0.25, -0.2) is 28.8 Å². The van der Waals surface area contributed by atoms with Gasteiger partial charge in [-0.2, -0.15) is 0 Å². The summed E-state index contributed by atoms with van der Waals surface area (Å²) in [7, 11) is 4.21. The van der Waals surface area contributed by atoms with Gasteiger partial charge in [-0.1, -0.05) is 160 Å². The van der Waals surface area contributed by atoms with E-state index in [1.807, 2.05) is 146 Å². The third-order valence-corrected chi connectivity index (χ3v) is 9.60. The number of ether oxygens (including phenoxy) is 6. The Kier molecular flexibility index (Phi) is 42.0. The van der Waals surface area contributed by atoms with Gasteiger partial charge in [0.25, 0.3) is 0 Å². The topological polar surface area (TPSA) is 279 Å². The molecule has 72 heavy (non-hydrogen) atoms. The molecule has 0 bridgehead atoms. The van der Waals surface area contributed by atoms with E-state index in [1.165, 1.54) is 21.3 Å². The number of methoxy groups -OCH3 is 3. The highest BCUT2D eigenvalue weighted by molar-refractivity contribution is 5.74. The van der Waals surface area contributed by atoms with E-state index >= 15 is 0 Å². The number of carbonyl (C=O) groups is 6. The summed E-state index contributed by atoms with van der Waals surface area (Å²) < 4.78 is 29.9. The molecule has 0 aliphatic rings. The van der Waals surface area contributed by atoms with E-state index in [2.05, 4.69) is 9.47 Å². The molecule has 0 fully saturated rings. The third-order valence-electron chi connectivity index (χ3n) is 9.60. The normalized spacial score (nSPS) is 13.0. The Morgan fingerprint density at radius 3 is 0.861 bits per heavy atom. The molecule has 0 saturated carbocycles. The molecule has 0 amide bonds. The van der Waals surface area contributed by atoms with E-state index in [-0.39, 0.29) is 11.8 Å². The lowest BCUT2D eigenvalue weighted by Gasteiger charge is -2.16. The first-order chi connectivity index (χ1) is 33.8. The average molecular weight is 1020 g/mol. The van der Waals surface area contributed by atoms with Gasteiger partial charge in [0, 0.05) is 21.3 Å². The minimum Gasteiger partial charge on any atom is -0.479 e. The summed E-state index contributed by atoms with van der Waals surface area (Å²) in [6, 6.07) is 28.7. The Morgan fingerprint density at radius 2 is 0.667 bits per heavy atom. The number of rotatable bonds is 26. The molecule has 3 aromatic carbocycles. The summed E-state index contributed by atoms with van der Waals surface area (Å²) in [5, 5.41) is 51.8. The van der Waals surface area contributed by atoms with Crippen LogP contribution in [0.1, 0.15) is 112 Å². The Balaban J connectivity index is -0.000000809. The first kappa shape index (κ1) is 70.5. The van der Waals surface area contributed by atoms with Crippen LogP contribution in [-0.2, 0) is 77.0 Å². The number of carboxylic acids is 6. The van der Waals surface area contributed by atoms with Crippen LogP contribution in [0, 0.1) is 23.7 Å². The van der Waals surface area contributed by atoms with Gasteiger partial charge in [-0.05, 0) is 66.0 Å². The Bertz CT molecular complexity index is 1850. The molecule has 408 valence electrons. The lowest BCUT2D eigenvalue weighted by Crippen LogP contribution is -2.29. The van der Waals surface area contributed by atoms with Crippen molar-refractivity contribution in [2.45, 2.75) is 151 Å². The maximum Gasteiger partial charge on any atom is 0.333 e. The molecule has 18 nitrogen and oxygen atoms in total. The molecule has 6 atom stereocenters. The number of benzene rings is 3. The molecule has 18 heteroatoms. The van der Waals surface area contributed by atoms with Gasteiger partial charge >= 0.3 is 35.8 Å². The Hall–Kier alpha value is -5.76. The van der Waals surface area contributed by atoms with Gasteiger partial charge < -0.3 is 59.1 Å². The molecule has 0 aromatic heterocycles. The quantitative estimate of drug-likeness (QED) is 0.0436. The van der Waals surface area contributed by atoms with Crippen LogP contribution < -0.4 is 0 Å². The molecule has 0 aliphatic heterocycles. The van der Waals surface area contributed by atoms with Crippen molar-refractivity contribution < 1.29 is 87.8 Å². The second kappa shape index (κ2) is 42.9. The molecule has 6 unspecified atom stereocenters. The van der Waals surface area contributed by atoms with Gasteiger partial charge in [0.15, 0.2) is 36.6 Å². The van der Waals surface area contributed by atoms with E-state index < -0.39 is 72.4 Å². The Labute approximate surface area is 426 Å². The SMILES string of the molecule is CC(C)C(OCc1ccccc1)C(=O)O.CC(C)CC(OCc1ccccc1)C(=O)O.CCC(OC)C(=O)O.CCC(OCc1ccccc1)C(=O)O.COC(C(=O)O)C(C)C.COC(CC(C)C)C(=O)O. The molecule has 0 aliphatic carbocycles. The van der Waals surface area contributed by atoms with E-state index in [0.29, 0.717) is 57.3 Å². The fourth-order valence-electron chi connectivity index (χ4n) is 5.71. The predicted molar refractivity (Wildman–Crippen MR) is 272 cm³/mol. The first-order valence-corrected chi connectivity index (χ1v) is 23.7.